The number of hydrogen-bond donors (Lipinski definition) is 2. The molecule has 2 heterocycles. The fourth-order valence-electron chi connectivity index (χ4n) is 2.34. The molecule has 0 saturated heterocycles. The Kier molecular flexibility index (Phi) is 6.17. The lowest BCUT2D eigenvalue weighted by molar-refractivity contribution is -0.116. The molecule has 0 fully saturated rings. The highest BCUT2D eigenvalue weighted by Gasteiger charge is 2.11. The first-order valence-corrected chi connectivity index (χ1v) is 9.29. The quantitative estimate of drug-likeness (QED) is 0.641. The zero-order valence-corrected chi connectivity index (χ0v) is 15.9. The standard InChI is InChI=1S/C18H14ClFN4O3S/c19-15-4-3-14(28-15)18(27)22-6-5-16(25)23-13-2-1-11(9-12(13)20)24-8-7-21-10-17(24)26/h1-4,7-10H,5-6H2,(H,22,27)(H,23,25). The van der Waals surface area contributed by atoms with Crippen molar-refractivity contribution in [3.05, 3.63) is 74.3 Å². The van der Waals surface area contributed by atoms with Crippen LogP contribution in [-0.4, -0.2) is 27.9 Å². The van der Waals surface area contributed by atoms with Gasteiger partial charge in [0.05, 0.1) is 26.8 Å². The Bertz CT molecular complexity index is 1080. The smallest absolute Gasteiger partial charge is 0.273 e. The maximum Gasteiger partial charge on any atom is 0.273 e. The predicted molar refractivity (Wildman–Crippen MR) is 105 cm³/mol. The van der Waals surface area contributed by atoms with Crippen LogP contribution in [0.15, 0.2) is 53.7 Å². The number of benzene rings is 1. The van der Waals surface area contributed by atoms with Crippen LogP contribution in [0.3, 0.4) is 0 Å². The van der Waals surface area contributed by atoms with Gasteiger partial charge in [0.25, 0.3) is 11.5 Å². The van der Waals surface area contributed by atoms with E-state index in [1.165, 1.54) is 29.1 Å². The molecule has 2 aromatic heterocycles. The molecule has 0 spiro atoms. The van der Waals surface area contributed by atoms with Gasteiger partial charge in [-0.3, -0.25) is 23.9 Å². The van der Waals surface area contributed by atoms with Gasteiger partial charge in [0.2, 0.25) is 5.91 Å². The minimum absolute atomic E-state index is 0.0211. The van der Waals surface area contributed by atoms with E-state index in [2.05, 4.69) is 15.6 Å². The van der Waals surface area contributed by atoms with Crippen molar-refractivity contribution < 1.29 is 14.0 Å². The number of nitrogens with zero attached hydrogens (tertiary/aromatic N) is 2. The number of hydrogen-bond acceptors (Lipinski definition) is 5. The van der Waals surface area contributed by atoms with Crippen molar-refractivity contribution in [2.24, 2.45) is 0 Å². The molecule has 0 bridgehead atoms. The molecule has 28 heavy (non-hydrogen) atoms. The molecule has 0 atom stereocenters. The van der Waals surface area contributed by atoms with Gasteiger partial charge in [0.1, 0.15) is 5.82 Å². The fraction of sp³-hybridized carbons (Fsp3) is 0.111. The third-order valence-electron chi connectivity index (χ3n) is 3.66. The van der Waals surface area contributed by atoms with Gasteiger partial charge in [-0.25, -0.2) is 4.39 Å². The van der Waals surface area contributed by atoms with Crippen LogP contribution in [0.1, 0.15) is 16.1 Å². The summed E-state index contributed by atoms with van der Waals surface area (Å²) in [4.78, 5) is 39.7. The lowest BCUT2D eigenvalue weighted by atomic mass is 10.2. The Balaban J connectivity index is 1.56. The lowest BCUT2D eigenvalue weighted by Gasteiger charge is -2.10. The van der Waals surface area contributed by atoms with E-state index in [1.54, 1.807) is 12.1 Å². The number of amides is 2. The van der Waals surface area contributed by atoms with Gasteiger partial charge in [-0.1, -0.05) is 11.6 Å². The van der Waals surface area contributed by atoms with Crippen molar-refractivity contribution in [2.45, 2.75) is 6.42 Å². The molecule has 2 N–H and O–H groups in total. The van der Waals surface area contributed by atoms with Crippen molar-refractivity contribution in [1.29, 1.82) is 0 Å². The highest BCUT2D eigenvalue weighted by atomic mass is 35.5. The summed E-state index contributed by atoms with van der Waals surface area (Å²) >= 11 is 6.90. The summed E-state index contributed by atoms with van der Waals surface area (Å²) in [6.07, 6.45) is 3.91. The summed E-state index contributed by atoms with van der Waals surface area (Å²) < 4.78 is 16.0. The van der Waals surface area contributed by atoms with Crippen molar-refractivity contribution in [2.75, 3.05) is 11.9 Å². The number of aromatic nitrogens is 2. The second-order valence-electron chi connectivity index (χ2n) is 5.61. The van der Waals surface area contributed by atoms with E-state index in [1.807, 2.05) is 0 Å². The van der Waals surface area contributed by atoms with E-state index < -0.39 is 17.3 Å². The summed E-state index contributed by atoms with van der Waals surface area (Å²) in [5.41, 5.74) is -0.113. The van der Waals surface area contributed by atoms with Crippen molar-refractivity contribution in [3.63, 3.8) is 0 Å². The van der Waals surface area contributed by atoms with E-state index in [0.29, 0.717) is 14.9 Å². The Labute approximate surface area is 167 Å². The third kappa shape index (κ3) is 4.81. The van der Waals surface area contributed by atoms with E-state index in [-0.39, 0.29) is 24.6 Å². The molecule has 3 rings (SSSR count). The summed E-state index contributed by atoms with van der Waals surface area (Å²) in [6.45, 7) is 0.0896. The average Bonchev–Trinajstić information content (AvgIpc) is 3.10. The molecule has 10 heteroatoms. The SMILES string of the molecule is O=C(CCNC(=O)c1ccc(Cl)s1)Nc1ccc(-n2ccncc2=O)cc1F. The van der Waals surface area contributed by atoms with E-state index in [9.17, 15) is 18.8 Å². The number of thiophene rings is 1. The van der Waals surface area contributed by atoms with Crippen LogP contribution in [0.25, 0.3) is 5.69 Å². The third-order valence-corrected chi connectivity index (χ3v) is 4.89. The topological polar surface area (TPSA) is 93.1 Å². The molecule has 0 aliphatic carbocycles. The van der Waals surface area contributed by atoms with Gasteiger partial charge in [-0.15, -0.1) is 11.3 Å². The Morgan fingerprint density at radius 3 is 2.75 bits per heavy atom. The largest absolute Gasteiger partial charge is 0.351 e. The second-order valence-corrected chi connectivity index (χ2v) is 7.32. The van der Waals surface area contributed by atoms with E-state index in [0.717, 1.165) is 23.6 Å². The Hall–Kier alpha value is -3.04. The molecule has 0 unspecified atom stereocenters. The molecule has 3 aromatic rings. The highest BCUT2D eigenvalue weighted by Crippen LogP contribution is 2.21. The molecule has 2 amide bonds. The lowest BCUT2D eigenvalue weighted by Crippen LogP contribution is -2.27. The Morgan fingerprint density at radius 2 is 2.07 bits per heavy atom. The van der Waals surface area contributed by atoms with E-state index in [4.69, 9.17) is 11.6 Å². The maximum absolute atomic E-state index is 14.3. The molecular weight excluding hydrogens is 407 g/mol. The van der Waals surface area contributed by atoms with Gasteiger partial charge >= 0.3 is 0 Å². The van der Waals surface area contributed by atoms with Crippen molar-refractivity contribution >= 4 is 40.4 Å². The monoisotopic (exact) mass is 420 g/mol. The van der Waals surface area contributed by atoms with Crippen LogP contribution in [0, 0.1) is 5.82 Å². The van der Waals surface area contributed by atoms with Gasteiger partial charge in [0, 0.05) is 31.4 Å². The number of halogens is 2. The molecule has 0 aliphatic rings. The first kappa shape index (κ1) is 19.7. The predicted octanol–water partition coefficient (Wildman–Crippen LogP) is 2.85. The summed E-state index contributed by atoms with van der Waals surface area (Å²) in [5.74, 6) is -1.48. The van der Waals surface area contributed by atoms with Crippen molar-refractivity contribution in [3.8, 4) is 5.69 Å². The van der Waals surface area contributed by atoms with Crippen LogP contribution < -0.4 is 16.2 Å². The molecule has 7 nitrogen and oxygen atoms in total. The molecule has 0 radical (unpaired) electrons. The van der Waals surface area contributed by atoms with Crippen LogP contribution in [-0.2, 0) is 4.79 Å². The molecule has 0 aliphatic heterocycles. The summed E-state index contributed by atoms with van der Waals surface area (Å²) in [7, 11) is 0. The zero-order valence-electron chi connectivity index (χ0n) is 14.3. The number of rotatable bonds is 6. The average molecular weight is 421 g/mol. The Morgan fingerprint density at radius 1 is 1.25 bits per heavy atom. The first-order chi connectivity index (χ1) is 13.4. The van der Waals surface area contributed by atoms with Crippen LogP contribution in [0.2, 0.25) is 4.34 Å². The molecular formula is C18H14ClFN4O3S. The highest BCUT2D eigenvalue weighted by molar-refractivity contribution is 7.17. The fourth-order valence-corrected chi connectivity index (χ4v) is 3.30. The number of carbonyl (C=O) groups excluding carboxylic acids is 2. The molecule has 0 saturated carbocycles. The van der Waals surface area contributed by atoms with Crippen LogP contribution >= 0.6 is 22.9 Å². The van der Waals surface area contributed by atoms with Gasteiger partial charge in [0.15, 0.2) is 0 Å². The second kappa shape index (κ2) is 8.77. The maximum atomic E-state index is 14.3. The number of carbonyl (C=O) groups is 2. The van der Waals surface area contributed by atoms with E-state index >= 15 is 0 Å². The van der Waals surface area contributed by atoms with Gasteiger partial charge in [-0.05, 0) is 24.3 Å². The molecule has 1 aromatic carbocycles. The molecule has 144 valence electrons. The van der Waals surface area contributed by atoms with Gasteiger partial charge in [-0.2, -0.15) is 0 Å². The van der Waals surface area contributed by atoms with Crippen molar-refractivity contribution in [1.82, 2.24) is 14.9 Å². The van der Waals surface area contributed by atoms with Crippen LogP contribution in [0.5, 0.6) is 0 Å². The minimum atomic E-state index is -0.688. The number of nitrogens with one attached hydrogen (secondary N) is 2. The normalized spacial score (nSPS) is 10.5. The number of anilines is 1. The summed E-state index contributed by atoms with van der Waals surface area (Å²) in [5, 5.41) is 5.03. The summed E-state index contributed by atoms with van der Waals surface area (Å²) in [6, 6.07) is 7.21. The zero-order chi connectivity index (χ0) is 20.1. The minimum Gasteiger partial charge on any atom is -0.351 e. The van der Waals surface area contributed by atoms with Crippen LogP contribution in [0.4, 0.5) is 10.1 Å². The van der Waals surface area contributed by atoms with Gasteiger partial charge < -0.3 is 10.6 Å². The first-order valence-electron chi connectivity index (χ1n) is 8.10.